The third-order valence-electron chi connectivity index (χ3n) is 4.22. The van der Waals surface area contributed by atoms with E-state index in [4.69, 9.17) is 19.9 Å². The summed E-state index contributed by atoms with van der Waals surface area (Å²) in [6, 6.07) is 21.8. The summed E-state index contributed by atoms with van der Waals surface area (Å²) in [7, 11) is 3.31. The highest BCUT2D eigenvalue weighted by Crippen LogP contribution is 2.39. The molecule has 0 bridgehead atoms. The van der Waals surface area contributed by atoms with Gasteiger partial charge in [-0.25, -0.2) is 0 Å². The van der Waals surface area contributed by atoms with E-state index < -0.39 is 0 Å². The van der Waals surface area contributed by atoms with Gasteiger partial charge in [0.05, 0.1) is 14.2 Å². The highest BCUT2D eigenvalue weighted by molar-refractivity contribution is 5.85. The zero-order chi connectivity index (χ0) is 18.4. The van der Waals surface area contributed by atoms with Crippen molar-refractivity contribution in [1.29, 1.82) is 0 Å². The minimum absolute atomic E-state index is 0. The van der Waals surface area contributed by atoms with Gasteiger partial charge in [-0.1, -0.05) is 42.5 Å². The summed E-state index contributed by atoms with van der Waals surface area (Å²) in [6.45, 7) is 0.936. The Hall–Kier alpha value is -2.69. The lowest BCUT2D eigenvalue weighted by atomic mass is 10.0. The normalized spacial score (nSPS) is 10.0. The van der Waals surface area contributed by atoms with E-state index in [2.05, 4.69) is 0 Å². The average molecular weight is 386 g/mol. The minimum Gasteiger partial charge on any atom is -0.497 e. The Kier molecular flexibility index (Phi) is 7.53. The molecule has 27 heavy (non-hydrogen) atoms. The second-order valence-electron chi connectivity index (χ2n) is 5.88. The van der Waals surface area contributed by atoms with Gasteiger partial charge in [0.1, 0.15) is 23.9 Å². The first-order chi connectivity index (χ1) is 12.7. The Bertz CT molecular complexity index is 869. The summed E-state index contributed by atoms with van der Waals surface area (Å²) in [6.07, 6.45) is 0. The molecule has 0 fully saturated rings. The van der Waals surface area contributed by atoms with Crippen LogP contribution in [-0.2, 0) is 13.2 Å². The van der Waals surface area contributed by atoms with Crippen molar-refractivity contribution in [1.82, 2.24) is 0 Å². The molecule has 0 aromatic heterocycles. The van der Waals surface area contributed by atoms with Crippen LogP contribution in [0, 0.1) is 0 Å². The predicted molar refractivity (Wildman–Crippen MR) is 111 cm³/mol. The Balaban J connectivity index is 0.00000261. The second-order valence-corrected chi connectivity index (χ2v) is 5.88. The number of ether oxygens (including phenoxy) is 3. The molecule has 3 aromatic rings. The standard InChI is InChI=1S/C22H23NO3.ClH/c1-24-18-9-11-21(25-2)20(13-18)19-10-8-17(14-23)12-22(19)26-15-16-6-4-3-5-7-16;/h3-13H,14-15,23H2,1-2H3;1H. The molecule has 0 aliphatic rings. The highest BCUT2D eigenvalue weighted by Gasteiger charge is 2.14. The van der Waals surface area contributed by atoms with E-state index >= 15 is 0 Å². The molecule has 0 unspecified atom stereocenters. The first-order valence-corrected chi connectivity index (χ1v) is 8.47. The maximum Gasteiger partial charge on any atom is 0.128 e. The zero-order valence-electron chi connectivity index (χ0n) is 15.5. The van der Waals surface area contributed by atoms with Gasteiger partial charge in [0, 0.05) is 17.7 Å². The fourth-order valence-corrected chi connectivity index (χ4v) is 2.80. The van der Waals surface area contributed by atoms with E-state index in [0.717, 1.165) is 39.5 Å². The van der Waals surface area contributed by atoms with Crippen LogP contribution in [0.2, 0.25) is 0 Å². The third-order valence-corrected chi connectivity index (χ3v) is 4.22. The Morgan fingerprint density at radius 3 is 2.19 bits per heavy atom. The first-order valence-electron chi connectivity index (χ1n) is 8.47. The number of benzene rings is 3. The molecule has 142 valence electrons. The minimum atomic E-state index is 0. The van der Waals surface area contributed by atoms with E-state index in [-0.39, 0.29) is 12.4 Å². The summed E-state index contributed by atoms with van der Waals surface area (Å²) in [5, 5.41) is 0. The number of nitrogens with two attached hydrogens (primary N) is 1. The second kappa shape index (κ2) is 9.86. The van der Waals surface area contributed by atoms with Gasteiger partial charge < -0.3 is 19.9 Å². The summed E-state index contributed by atoms with van der Waals surface area (Å²) < 4.78 is 17.1. The lowest BCUT2D eigenvalue weighted by molar-refractivity contribution is 0.307. The van der Waals surface area contributed by atoms with Crippen molar-refractivity contribution in [2.45, 2.75) is 13.2 Å². The van der Waals surface area contributed by atoms with Crippen LogP contribution >= 0.6 is 12.4 Å². The first kappa shape index (κ1) is 20.6. The van der Waals surface area contributed by atoms with Crippen LogP contribution in [0.1, 0.15) is 11.1 Å². The van der Waals surface area contributed by atoms with Crippen LogP contribution in [0.3, 0.4) is 0 Å². The van der Waals surface area contributed by atoms with E-state index in [1.54, 1.807) is 14.2 Å². The molecule has 0 heterocycles. The van der Waals surface area contributed by atoms with Gasteiger partial charge in [0.15, 0.2) is 0 Å². The molecule has 0 saturated heterocycles. The molecule has 3 aromatic carbocycles. The molecule has 0 radical (unpaired) electrons. The molecule has 5 heteroatoms. The maximum absolute atomic E-state index is 6.14. The molecule has 2 N–H and O–H groups in total. The average Bonchev–Trinajstić information content (AvgIpc) is 2.72. The van der Waals surface area contributed by atoms with E-state index in [0.29, 0.717) is 13.2 Å². The SMILES string of the molecule is COc1ccc(OC)c(-c2ccc(CN)cc2OCc2ccccc2)c1.Cl. The van der Waals surface area contributed by atoms with Gasteiger partial charge in [-0.2, -0.15) is 0 Å². The zero-order valence-corrected chi connectivity index (χ0v) is 16.3. The lowest BCUT2D eigenvalue weighted by Gasteiger charge is -2.16. The van der Waals surface area contributed by atoms with Crippen LogP contribution < -0.4 is 19.9 Å². The monoisotopic (exact) mass is 385 g/mol. The molecule has 0 aliphatic carbocycles. The van der Waals surface area contributed by atoms with Crippen LogP contribution in [0.15, 0.2) is 66.7 Å². The van der Waals surface area contributed by atoms with Crippen molar-refractivity contribution >= 4 is 12.4 Å². The van der Waals surface area contributed by atoms with Crippen LogP contribution in [-0.4, -0.2) is 14.2 Å². The van der Waals surface area contributed by atoms with Crippen molar-refractivity contribution in [3.8, 4) is 28.4 Å². The summed E-state index contributed by atoms with van der Waals surface area (Å²) in [4.78, 5) is 0. The van der Waals surface area contributed by atoms with Crippen molar-refractivity contribution in [3.63, 3.8) is 0 Å². The molecule has 0 aliphatic heterocycles. The van der Waals surface area contributed by atoms with Gasteiger partial charge in [-0.15, -0.1) is 12.4 Å². The number of methoxy groups -OCH3 is 2. The molecule has 4 nitrogen and oxygen atoms in total. The summed E-state index contributed by atoms with van der Waals surface area (Å²) >= 11 is 0. The Morgan fingerprint density at radius 2 is 1.52 bits per heavy atom. The van der Waals surface area contributed by atoms with Gasteiger partial charge in [0.2, 0.25) is 0 Å². The summed E-state index contributed by atoms with van der Waals surface area (Å²) in [5.41, 5.74) is 9.79. The Labute approximate surface area is 166 Å². The van der Waals surface area contributed by atoms with Crippen LogP contribution in [0.5, 0.6) is 17.2 Å². The number of halogens is 1. The predicted octanol–water partition coefficient (Wildman–Crippen LogP) is 4.83. The van der Waals surface area contributed by atoms with Gasteiger partial charge in [-0.05, 0) is 35.4 Å². The molecule has 0 saturated carbocycles. The number of hydrogen-bond donors (Lipinski definition) is 1. The Morgan fingerprint density at radius 1 is 0.741 bits per heavy atom. The largest absolute Gasteiger partial charge is 0.497 e. The van der Waals surface area contributed by atoms with Crippen LogP contribution in [0.25, 0.3) is 11.1 Å². The van der Waals surface area contributed by atoms with Gasteiger partial charge in [0.25, 0.3) is 0 Å². The molecule has 0 spiro atoms. The fourth-order valence-electron chi connectivity index (χ4n) is 2.80. The smallest absolute Gasteiger partial charge is 0.128 e. The maximum atomic E-state index is 6.14. The molecule has 3 rings (SSSR count). The van der Waals surface area contributed by atoms with Crippen molar-refractivity contribution in [2.75, 3.05) is 14.2 Å². The van der Waals surface area contributed by atoms with Crippen molar-refractivity contribution < 1.29 is 14.2 Å². The van der Waals surface area contributed by atoms with E-state index in [1.165, 1.54) is 0 Å². The van der Waals surface area contributed by atoms with Gasteiger partial charge in [-0.3, -0.25) is 0 Å². The highest BCUT2D eigenvalue weighted by atomic mass is 35.5. The summed E-state index contributed by atoms with van der Waals surface area (Å²) in [5.74, 6) is 2.29. The van der Waals surface area contributed by atoms with E-state index in [1.807, 2.05) is 66.7 Å². The van der Waals surface area contributed by atoms with E-state index in [9.17, 15) is 0 Å². The molecule has 0 atom stereocenters. The molecule has 0 amide bonds. The molecular weight excluding hydrogens is 362 g/mol. The molecular formula is C22H24ClNO3. The van der Waals surface area contributed by atoms with Crippen LogP contribution in [0.4, 0.5) is 0 Å². The topological polar surface area (TPSA) is 53.7 Å². The lowest BCUT2D eigenvalue weighted by Crippen LogP contribution is -2.01. The third kappa shape index (κ3) is 4.94. The number of hydrogen-bond acceptors (Lipinski definition) is 4. The van der Waals surface area contributed by atoms with Gasteiger partial charge >= 0.3 is 0 Å². The quantitative estimate of drug-likeness (QED) is 0.632. The number of rotatable bonds is 7. The van der Waals surface area contributed by atoms with Crippen molar-refractivity contribution in [2.24, 2.45) is 5.73 Å². The fraction of sp³-hybridized carbons (Fsp3) is 0.182. The van der Waals surface area contributed by atoms with Crippen molar-refractivity contribution in [3.05, 3.63) is 77.9 Å².